The Morgan fingerprint density at radius 2 is 1.74 bits per heavy atom. The van der Waals surface area contributed by atoms with E-state index in [1.807, 2.05) is 6.20 Å². The van der Waals surface area contributed by atoms with Crippen LogP contribution in [0.3, 0.4) is 0 Å². The Kier molecular flexibility index (Phi) is 4.68. The van der Waals surface area contributed by atoms with E-state index in [-0.39, 0.29) is 12.4 Å². The van der Waals surface area contributed by atoms with Crippen molar-refractivity contribution in [3.63, 3.8) is 0 Å². The zero-order valence-electron chi connectivity index (χ0n) is 13.0. The molecule has 2 aliphatic rings. The number of rotatable bonds is 2. The van der Waals surface area contributed by atoms with Crippen LogP contribution in [0.25, 0.3) is 0 Å². The van der Waals surface area contributed by atoms with E-state index in [0.29, 0.717) is 11.9 Å². The molecule has 122 valence electrons. The van der Waals surface area contributed by atoms with Gasteiger partial charge in [-0.2, -0.15) is 0 Å². The number of halogens is 1. The van der Waals surface area contributed by atoms with Gasteiger partial charge in [-0.25, -0.2) is 9.97 Å². The van der Waals surface area contributed by atoms with Gasteiger partial charge in [0.25, 0.3) is 0 Å². The zero-order valence-corrected chi connectivity index (χ0v) is 13.9. The van der Waals surface area contributed by atoms with E-state index in [9.17, 15) is 0 Å². The molecule has 1 saturated heterocycles. The highest BCUT2D eigenvalue weighted by Gasteiger charge is 2.28. The van der Waals surface area contributed by atoms with Crippen LogP contribution in [0.1, 0.15) is 22.7 Å². The molecule has 0 radical (unpaired) electrons. The van der Waals surface area contributed by atoms with E-state index < -0.39 is 0 Å². The standard InChI is InChI=1S/C17H21N5.ClH/c18-17-20-11-15(22-7-5-19-6-8-22)16(21-17)14-9-12-3-1-2-4-13(12)10-14;/h1-4,11,14,19H,5-10H2,(H2,18,20,21);1H. The summed E-state index contributed by atoms with van der Waals surface area (Å²) in [6, 6.07) is 8.69. The Balaban J connectivity index is 0.00000156. The smallest absolute Gasteiger partial charge is 0.220 e. The van der Waals surface area contributed by atoms with Gasteiger partial charge < -0.3 is 16.0 Å². The fraction of sp³-hybridized carbons (Fsp3) is 0.412. The van der Waals surface area contributed by atoms with E-state index in [1.54, 1.807) is 0 Å². The quantitative estimate of drug-likeness (QED) is 0.878. The van der Waals surface area contributed by atoms with Crippen LogP contribution in [0.15, 0.2) is 30.5 Å². The van der Waals surface area contributed by atoms with Crippen molar-refractivity contribution in [3.05, 3.63) is 47.3 Å². The summed E-state index contributed by atoms with van der Waals surface area (Å²) >= 11 is 0. The number of nitrogens with one attached hydrogen (secondary N) is 1. The fourth-order valence-corrected chi connectivity index (χ4v) is 3.60. The molecule has 1 aromatic heterocycles. The molecule has 0 saturated carbocycles. The van der Waals surface area contributed by atoms with Crippen LogP contribution >= 0.6 is 12.4 Å². The first kappa shape index (κ1) is 16.0. The van der Waals surface area contributed by atoms with Gasteiger partial charge in [-0.1, -0.05) is 24.3 Å². The van der Waals surface area contributed by atoms with Crippen molar-refractivity contribution < 1.29 is 0 Å². The number of nitrogens with zero attached hydrogens (tertiary/aromatic N) is 3. The van der Waals surface area contributed by atoms with Gasteiger partial charge in [0.2, 0.25) is 5.95 Å². The number of hydrogen-bond donors (Lipinski definition) is 2. The predicted molar refractivity (Wildman–Crippen MR) is 95.4 cm³/mol. The summed E-state index contributed by atoms with van der Waals surface area (Å²) in [5.74, 6) is 0.789. The van der Waals surface area contributed by atoms with Gasteiger partial charge in [0.05, 0.1) is 17.6 Å². The second-order valence-electron chi connectivity index (χ2n) is 6.11. The third kappa shape index (κ3) is 3.12. The average Bonchev–Trinajstić information content (AvgIpc) is 2.99. The maximum atomic E-state index is 5.88. The first-order valence-corrected chi connectivity index (χ1v) is 7.96. The molecular formula is C17H22ClN5. The van der Waals surface area contributed by atoms with Crippen molar-refractivity contribution in [1.29, 1.82) is 0 Å². The van der Waals surface area contributed by atoms with Crippen molar-refractivity contribution >= 4 is 24.0 Å². The number of fused-ring (bicyclic) bond motifs is 1. The Morgan fingerprint density at radius 3 is 2.39 bits per heavy atom. The predicted octanol–water partition coefficient (Wildman–Crippen LogP) is 1.77. The fourth-order valence-electron chi connectivity index (χ4n) is 3.60. The summed E-state index contributed by atoms with van der Waals surface area (Å²) in [6.45, 7) is 4.02. The van der Waals surface area contributed by atoms with Crippen LogP contribution < -0.4 is 16.0 Å². The molecular weight excluding hydrogens is 310 g/mol. The van der Waals surface area contributed by atoms with Crippen LogP contribution in [-0.4, -0.2) is 36.1 Å². The van der Waals surface area contributed by atoms with Gasteiger partial charge in [0.1, 0.15) is 0 Å². The topological polar surface area (TPSA) is 67.1 Å². The summed E-state index contributed by atoms with van der Waals surface area (Å²) in [4.78, 5) is 11.2. The van der Waals surface area contributed by atoms with Crippen LogP contribution in [0, 0.1) is 0 Å². The van der Waals surface area contributed by atoms with Crippen molar-refractivity contribution in [2.45, 2.75) is 18.8 Å². The Morgan fingerprint density at radius 1 is 1.09 bits per heavy atom. The van der Waals surface area contributed by atoms with Crippen LogP contribution in [-0.2, 0) is 12.8 Å². The highest BCUT2D eigenvalue weighted by Crippen LogP contribution is 2.37. The number of nitrogen functional groups attached to an aromatic ring is 1. The molecule has 1 aliphatic heterocycles. The minimum absolute atomic E-state index is 0. The largest absolute Gasteiger partial charge is 0.368 e. The molecule has 6 heteroatoms. The molecule has 23 heavy (non-hydrogen) atoms. The van der Waals surface area contributed by atoms with Crippen LogP contribution in [0.2, 0.25) is 0 Å². The monoisotopic (exact) mass is 331 g/mol. The summed E-state index contributed by atoms with van der Waals surface area (Å²) in [5, 5.41) is 3.39. The molecule has 3 N–H and O–H groups in total. The lowest BCUT2D eigenvalue weighted by molar-refractivity contribution is 0.582. The number of benzene rings is 1. The molecule has 0 atom stereocenters. The number of anilines is 2. The minimum atomic E-state index is 0. The molecule has 1 fully saturated rings. The third-order valence-corrected chi connectivity index (χ3v) is 4.71. The summed E-state index contributed by atoms with van der Waals surface area (Å²) < 4.78 is 0. The molecule has 0 unspecified atom stereocenters. The van der Waals surface area contributed by atoms with Gasteiger partial charge in [0.15, 0.2) is 0 Å². The summed E-state index contributed by atoms with van der Waals surface area (Å²) in [7, 11) is 0. The second-order valence-corrected chi connectivity index (χ2v) is 6.11. The Labute approximate surface area is 142 Å². The molecule has 2 heterocycles. The molecule has 1 aromatic carbocycles. The Hall–Kier alpha value is -1.85. The highest BCUT2D eigenvalue weighted by atomic mass is 35.5. The van der Waals surface area contributed by atoms with Crippen molar-refractivity contribution in [2.24, 2.45) is 0 Å². The normalized spacial score (nSPS) is 17.7. The maximum absolute atomic E-state index is 5.88. The van der Waals surface area contributed by atoms with E-state index in [1.165, 1.54) is 11.1 Å². The van der Waals surface area contributed by atoms with Gasteiger partial charge in [-0.15, -0.1) is 12.4 Å². The van der Waals surface area contributed by atoms with E-state index in [2.05, 4.69) is 44.5 Å². The molecule has 4 rings (SSSR count). The van der Waals surface area contributed by atoms with E-state index >= 15 is 0 Å². The van der Waals surface area contributed by atoms with E-state index in [4.69, 9.17) is 5.73 Å². The van der Waals surface area contributed by atoms with Gasteiger partial charge >= 0.3 is 0 Å². The number of nitrogens with two attached hydrogens (primary N) is 1. The molecule has 2 aromatic rings. The van der Waals surface area contributed by atoms with Crippen molar-refractivity contribution in [3.8, 4) is 0 Å². The maximum Gasteiger partial charge on any atom is 0.220 e. The number of hydrogen-bond acceptors (Lipinski definition) is 5. The van der Waals surface area contributed by atoms with Crippen LogP contribution in [0.5, 0.6) is 0 Å². The van der Waals surface area contributed by atoms with Crippen molar-refractivity contribution in [1.82, 2.24) is 15.3 Å². The Bertz CT molecular complexity index is 659. The van der Waals surface area contributed by atoms with Gasteiger partial charge in [0, 0.05) is 32.1 Å². The summed E-state index contributed by atoms with van der Waals surface area (Å²) in [5.41, 5.74) is 11.0. The average molecular weight is 332 g/mol. The van der Waals surface area contributed by atoms with Gasteiger partial charge in [-0.3, -0.25) is 0 Å². The van der Waals surface area contributed by atoms with Crippen molar-refractivity contribution in [2.75, 3.05) is 36.8 Å². The molecule has 1 aliphatic carbocycles. The van der Waals surface area contributed by atoms with E-state index in [0.717, 1.165) is 50.4 Å². The lowest BCUT2D eigenvalue weighted by atomic mass is 10.00. The molecule has 0 amide bonds. The summed E-state index contributed by atoms with van der Waals surface area (Å²) in [6.07, 6.45) is 4.00. The SMILES string of the molecule is Cl.Nc1ncc(N2CCNCC2)c(C2Cc3ccccc3C2)n1. The third-order valence-electron chi connectivity index (χ3n) is 4.71. The van der Waals surface area contributed by atoms with Gasteiger partial charge in [-0.05, 0) is 24.0 Å². The zero-order chi connectivity index (χ0) is 14.9. The lowest BCUT2D eigenvalue weighted by Crippen LogP contribution is -2.44. The molecule has 0 bridgehead atoms. The number of aromatic nitrogens is 2. The highest BCUT2D eigenvalue weighted by molar-refractivity contribution is 5.85. The molecule has 5 nitrogen and oxygen atoms in total. The van der Waals surface area contributed by atoms with Crippen LogP contribution in [0.4, 0.5) is 11.6 Å². The first-order chi connectivity index (χ1) is 10.8. The molecule has 0 spiro atoms. The number of piperazine rings is 1. The first-order valence-electron chi connectivity index (χ1n) is 7.96. The lowest BCUT2D eigenvalue weighted by Gasteiger charge is -2.31. The second kappa shape index (κ2) is 6.72. The minimum Gasteiger partial charge on any atom is -0.368 e.